The molecule has 76 valence electrons. The van der Waals surface area contributed by atoms with Crippen molar-refractivity contribution in [3.05, 3.63) is 34.3 Å². The second-order valence-corrected chi connectivity index (χ2v) is 4.96. The van der Waals surface area contributed by atoms with E-state index in [4.69, 9.17) is 0 Å². The van der Waals surface area contributed by atoms with Gasteiger partial charge >= 0.3 is 0 Å². The summed E-state index contributed by atoms with van der Waals surface area (Å²) in [5.74, 6) is 0.832. The Morgan fingerprint density at radius 3 is 3.07 bits per heavy atom. The molecule has 1 aliphatic heterocycles. The molecule has 0 radical (unpaired) electrons. The highest BCUT2D eigenvalue weighted by Gasteiger charge is 2.13. The molecule has 1 heterocycles. The first-order valence-corrected chi connectivity index (χ1v) is 6.09. The molecule has 0 amide bonds. The molecule has 1 nitrogen and oxygen atoms in total. The van der Waals surface area contributed by atoms with Crippen molar-refractivity contribution in [3.8, 4) is 0 Å². The van der Waals surface area contributed by atoms with Gasteiger partial charge in [-0.3, -0.25) is 0 Å². The van der Waals surface area contributed by atoms with Gasteiger partial charge in [0, 0.05) is 4.47 Å². The van der Waals surface area contributed by atoms with Crippen LogP contribution in [0.25, 0.3) is 0 Å². The number of piperidine rings is 1. The standard InChI is InChI=1S/C12H16BrN/c13-12-5-1-3-10(8-12)7-11-4-2-6-14-9-11/h1,3,5,8,11,14H,2,4,6-7,9H2/t11-/m0/s1. The predicted molar refractivity (Wildman–Crippen MR) is 63.4 cm³/mol. The summed E-state index contributed by atoms with van der Waals surface area (Å²) >= 11 is 3.51. The van der Waals surface area contributed by atoms with Crippen LogP contribution in [-0.2, 0) is 6.42 Å². The topological polar surface area (TPSA) is 12.0 Å². The molecular weight excluding hydrogens is 238 g/mol. The highest BCUT2D eigenvalue weighted by molar-refractivity contribution is 9.10. The van der Waals surface area contributed by atoms with E-state index in [1.165, 1.54) is 42.4 Å². The van der Waals surface area contributed by atoms with Gasteiger partial charge in [0.15, 0.2) is 0 Å². The molecular formula is C12H16BrN. The summed E-state index contributed by atoms with van der Waals surface area (Å²) < 4.78 is 1.19. The van der Waals surface area contributed by atoms with Gasteiger partial charge in [0.05, 0.1) is 0 Å². The van der Waals surface area contributed by atoms with Crippen molar-refractivity contribution >= 4 is 15.9 Å². The minimum Gasteiger partial charge on any atom is -0.316 e. The average Bonchev–Trinajstić information content (AvgIpc) is 2.19. The molecule has 0 spiro atoms. The molecule has 14 heavy (non-hydrogen) atoms. The largest absolute Gasteiger partial charge is 0.316 e. The number of hydrogen-bond acceptors (Lipinski definition) is 1. The third-order valence-corrected chi connectivity index (χ3v) is 3.31. The van der Waals surface area contributed by atoms with Crippen molar-refractivity contribution in [2.24, 2.45) is 5.92 Å². The van der Waals surface area contributed by atoms with E-state index in [-0.39, 0.29) is 0 Å². The molecule has 0 aliphatic carbocycles. The Balaban J connectivity index is 1.95. The molecule has 1 aromatic rings. The fraction of sp³-hybridized carbons (Fsp3) is 0.500. The third kappa shape index (κ3) is 2.82. The maximum absolute atomic E-state index is 3.51. The smallest absolute Gasteiger partial charge is 0.0177 e. The zero-order valence-electron chi connectivity index (χ0n) is 8.30. The van der Waals surface area contributed by atoms with Crippen molar-refractivity contribution < 1.29 is 0 Å². The Labute approximate surface area is 94.0 Å². The average molecular weight is 254 g/mol. The molecule has 1 aromatic carbocycles. The first-order chi connectivity index (χ1) is 6.84. The molecule has 2 rings (SSSR count). The van der Waals surface area contributed by atoms with E-state index in [1.807, 2.05) is 0 Å². The summed E-state index contributed by atoms with van der Waals surface area (Å²) in [6, 6.07) is 8.66. The van der Waals surface area contributed by atoms with Gasteiger partial charge in [0.1, 0.15) is 0 Å². The number of halogens is 1. The van der Waals surface area contributed by atoms with Crippen molar-refractivity contribution in [1.82, 2.24) is 5.32 Å². The zero-order valence-corrected chi connectivity index (χ0v) is 9.89. The molecule has 2 heteroatoms. The lowest BCUT2D eigenvalue weighted by atomic mass is 9.92. The molecule has 1 atom stereocenters. The van der Waals surface area contributed by atoms with E-state index in [0.29, 0.717) is 0 Å². The first-order valence-electron chi connectivity index (χ1n) is 5.30. The normalized spacial score (nSPS) is 22.2. The van der Waals surface area contributed by atoms with Gasteiger partial charge in [0.25, 0.3) is 0 Å². The number of nitrogens with one attached hydrogen (secondary N) is 1. The summed E-state index contributed by atoms with van der Waals surface area (Å²) in [7, 11) is 0. The summed E-state index contributed by atoms with van der Waals surface area (Å²) in [4.78, 5) is 0. The van der Waals surface area contributed by atoms with E-state index in [1.54, 1.807) is 0 Å². The fourth-order valence-corrected chi connectivity index (χ4v) is 2.54. The number of hydrogen-bond donors (Lipinski definition) is 1. The summed E-state index contributed by atoms with van der Waals surface area (Å²) in [5, 5.41) is 3.46. The summed E-state index contributed by atoms with van der Waals surface area (Å²) in [5.41, 5.74) is 1.45. The molecule has 0 saturated carbocycles. The van der Waals surface area contributed by atoms with E-state index in [9.17, 15) is 0 Å². The van der Waals surface area contributed by atoms with Crippen LogP contribution in [0.2, 0.25) is 0 Å². The maximum Gasteiger partial charge on any atom is 0.0177 e. The van der Waals surface area contributed by atoms with Crippen molar-refractivity contribution in [1.29, 1.82) is 0 Å². The van der Waals surface area contributed by atoms with Gasteiger partial charge in [-0.2, -0.15) is 0 Å². The van der Waals surface area contributed by atoms with Crippen LogP contribution < -0.4 is 5.32 Å². The molecule has 1 aliphatic rings. The van der Waals surface area contributed by atoms with Crippen LogP contribution in [0.4, 0.5) is 0 Å². The minimum absolute atomic E-state index is 0.832. The van der Waals surface area contributed by atoms with E-state index >= 15 is 0 Å². The van der Waals surface area contributed by atoms with Gasteiger partial charge in [0.2, 0.25) is 0 Å². The molecule has 0 bridgehead atoms. The quantitative estimate of drug-likeness (QED) is 0.855. The van der Waals surface area contributed by atoms with Crippen LogP contribution in [0.5, 0.6) is 0 Å². The highest BCUT2D eigenvalue weighted by Crippen LogP contribution is 2.18. The van der Waals surface area contributed by atoms with Crippen LogP contribution >= 0.6 is 15.9 Å². The Bertz CT molecular complexity index is 292. The lowest BCUT2D eigenvalue weighted by Gasteiger charge is -2.22. The Morgan fingerprint density at radius 1 is 1.43 bits per heavy atom. The van der Waals surface area contributed by atoms with E-state index < -0.39 is 0 Å². The van der Waals surface area contributed by atoms with Crippen LogP contribution in [0.15, 0.2) is 28.7 Å². The Morgan fingerprint density at radius 2 is 2.36 bits per heavy atom. The van der Waals surface area contributed by atoms with Gasteiger partial charge in [-0.15, -0.1) is 0 Å². The van der Waals surface area contributed by atoms with Crippen LogP contribution in [-0.4, -0.2) is 13.1 Å². The molecule has 1 N–H and O–H groups in total. The second-order valence-electron chi connectivity index (χ2n) is 4.05. The van der Waals surface area contributed by atoms with Gasteiger partial charge in [-0.25, -0.2) is 0 Å². The SMILES string of the molecule is Brc1cccc(C[C@@H]2CCCNC2)c1. The summed E-state index contributed by atoms with van der Waals surface area (Å²) in [6.45, 7) is 2.39. The Kier molecular flexibility index (Phi) is 3.60. The van der Waals surface area contributed by atoms with Crippen molar-refractivity contribution in [3.63, 3.8) is 0 Å². The summed E-state index contributed by atoms with van der Waals surface area (Å²) in [6.07, 6.45) is 3.92. The second kappa shape index (κ2) is 4.94. The number of rotatable bonds is 2. The molecule has 1 saturated heterocycles. The predicted octanol–water partition coefficient (Wildman–Crippen LogP) is 2.99. The van der Waals surface area contributed by atoms with Crippen LogP contribution in [0.1, 0.15) is 18.4 Å². The van der Waals surface area contributed by atoms with E-state index in [0.717, 1.165) is 5.92 Å². The number of benzene rings is 1. The fourth-order valence-electron chi connectivity index (χ4n) is 2.10. The lowest BCUT2D eigenvalue weighted by Crippen LogP contribution is -2.30. The Hall–Kier alpha value is -0.340. The first kappa shape index (κ1) is 10.2. The van der Waals surface area contributed by atoms with Crippen molar-refractivity contribution in [2.45, 2.75) is 19.3 Å². The minimum atomic E-state index is 0.832. The van der Waals surface area contributed by atoms with Gasteiger partial charge < -0.3 is 5.32 Å². The van der Waals surface area contributed by atoms with Crippen LogP contribution in [0.3, 0.4) is 0 Å². The molecule has 0 aromatic heterocycles. The monoisotopic (exact) mass is 253 g/mol. The molecule has 0 unspecified atom stereocenters. The van der Waals surface area contributed by atoms with E-state index in [2.05, 4.69) is 45.5 Å². The zero-order chi connectivity index (χ0) is 9.80. The third-order valence-electron chi connectivity index (χ3n) is 2.81. The van der Waals surface area contributed by atoms with Gasteiger partial charge in [-0.05, 0) is 56.0 Å². The highest BCUT2D eigenvalue weighted by atomic mass is 79.9. The van der Waals surface area contributed by atoms with Gasteiger partial charge in [-0.1, -0.05) is 28.1 Å². The van der Waals surface area contributed by atoms with Crippen molar-refractivity contribution in [2.75, 3.05) is 13.1 Å². The molecule has 1 fully saturated rings. The maximum atomic E-state index is 3.51. The lowest BCUT2D eigenvalue weighted by molar-refractivity contribution is 0.376. The van der Waals surface area contributed by atoms with Crippen LogP contribution in [0, 0.1) is 5.92 Å².